The Morgan fingerprint density at radius 2 is 2.23 bits per heavy atom. The second-order valence-corrected chi connectivity index (χ2v) is 6.74. The molecule has 1 aliphatic rings. The van der Waals surface area contributed by atoms with Crippen LogP contribution in [0.25, 0.3) is 0 Å². The van der Waals surface area contributed by atoms with Crippen molar-refractivity contribution in [1.82, 2.24) is 0 Å². The number of sulfone groups is 1. The highest BCUT2D eigenvalue weighted by Crippen LogP contribution is 2.30. The van der Waals surface area contributed by atoms with Crippen molar-refractivity contribution in [3.05, 3.63) is 0 Å². The Balaban J connectivity index is 2.52. The number of rotatable bonds is 4. The van der Waals surface area contributed by atoms with Gasteiger partial charge in [0.2, 0.25) is 0 Å². The Labute approximate surface area is 89.1 Å². The van der Waals surface area contributed by atoms with Crippen LogP contribution in [0.1, 0.15) is 26.2 Å². The van der Waals surface area contributed by atoms with Crippen LogP contribution >= 0.6 is 15.9 Å². The highest BCUT2D eigenvalue weighted by molar-refractivity contribution is 9.09. The SMILES string of the molecule is CCCC(CBr)C1CCS(=O)(=O)C1. The molecule has 0 bridgehead atoms. The summed E-state index contributed by atoms with van der Waals surface area (Å²) in [4.78, 5) is 0. The van der Waals surface area contributed by atoms with E-state index in [1.54, 1.807) is 0 Å². The van der Waals surface area contributed by atoms with E-state index in [-0.39, 0.29) is 0 Å². The third-order valence-corrected chi connectivity index (χ3v) is 5.42. The van der Waals surface area contributed by atoms with Gasteiger partial charge in [-0.05, 0) is 24.7 Å². The van der Waals surface area contributed by atoms with E-state index in [4.69, 9.17) is 0 Å². The maximum Gasteiger partial charge on any atom is 0.150 e. The van der Waals surface area contributed by atoms with Gasteiger partial charge in [0.15, 0.2) is 9.84 Å². The first-order valence-electron chi connectivity index (χ1n) is 4.85. The number of hydrogen-bond donors (Lipinski definition) is 0. The van der Waals surface area contributed by atoms with E-state index in [2.05, 4.69) is 22.9 Å². The van der Waals surface area contributed by atoms with Crippen molar-refractivity contribution in [2.45, 2.75) is 26.2 Å². The smallest absolute Gasteiger partial charge is 0.150 e. The fraction of sp³-hybridized carbons (Fsp3) is 1.00. The van der Waals surface area contributed by atoms with Crippen LogP contribution in [0.4, 0.5) is 0 Å². The Morgan fingerprint density at radius 1 is 1.54 bits per heavy atom. The van der Waals surface area contributed by atoms with Gasteiger partial charge in [-0.25, -0.2) is 8.42 Å². The number of hydrogen-bond acceptors (Lipinski definition) is 2. The summed E-state index contributed by atoms with van der Waals surface area (Å²) in [6.07, 6.45) is 3.16. The van der Waals surface area contributed by atoms with Crippen LogP contribution < -0.4 is 0 Å². The van der Waals surface area contributed by atoms with E-state index in [9.17, 15) is 8.42 Å². The molecule has 1 fully saturated rings. The molecule has 1 saturated heterocycles. The van der Waals surface area contributed by atoms with Gasteiger partial charge < -0.3 is 0 Å². The first-order chi connectivity index (χ1) is 6.09. The minimum absolute atomic E-state index is 0.407. The van der Waals surface area contributed by atoms with Crippen LogP contribution in [-0.4, -0.2) is 25.3 Å². The first kappa shape index (κ1) is 11.5. The van der Waals surface area contributed by atoms with Crippen LogP contribution in [0.5, 0.6) is 0 Å². The zero-order chi connectivity index (χ0) is 9.90. The molecule has 0 aromatic carbocycles. The van der Waals surface area contributed by atoms with Crippen molar-refractivity contribution in [1.29, 1.82) is 0 Å². The maximum absolute atomic E-state index is 11.3. The summed E-state index contributed by atoms with van der Waals surface area (Å²) in [6, 6.07) is 0. The Hall–Kier alpha value is 0.430. The molecule has 2 nitrogen and oxygen atoms in total. The van der Waals surface area contributed by atoms with Gasteiger partial charge in [-0.15, -0.1) is 0 Å². The van der Waals surface area contributed by atoms with Crippen molar-refractivity contribution >= 4 is 25.8 Å². The molecule has 0 amide bonds. The third-order valence-electron chi connectivity index (χ3n) is 2.79. The summed E-state index contributed by atoms with van der Waals surface area (Å²) in [7, 11) is -2.69. The van der Waals surface area contributed by atoms with Gasteiger partial charge in [-0.2, -0.15) is 0 Å². The maximum atomic E-state index is 11.3. The molecule has 0 N–H and O–H groups in total. The largest absolute Gasteiger partial charge is 0.229 e. The van der Waals surface area contributed by atoms with E-state index in [0.29, 0.717) is 23.3 Å². The quantitative estimate of drug-likeness (QED) is 0.733. The van der Waals surface area contributed by atoms with Crippen molar-refractivity contribution in [3.8, 4) is 0 Å². The fourth-order valence-electron chi connectivity index (χ4n) is 2.01. The first-order valence-corrected chi connectivity index (χ1v) is 7.79. The summed E-state index contributed by atoms with van der Waals surface area (Å²) in [5.41, 5.74) is 0. The third kappa shape index (κ3) is 3.24. The van der Waals surface area contributed by atoms with E-state index in [1.165, 1.54) is 0 Å². The summed E-state index contributed by atoms with van der Waals surface area (Å²) in [5.74, 6) is 1.79. The normalized spacial score (nSPS) is 28.9. The lowest BCUT2D eigenvalue weighted by atomic mass is 9.90. The van der Waals surface area contributed by atoms with Gasteiger partial charge in [0.25, 0.3) is 0 Å². The van der Waals surface area contributed by atoms with Crippen molar-refractivity contribution in [3.63, 3.8) is 0 Å². The van der Waals surface area contributed by atoms with Gasteiger partial charge in [0.05, 0.1) is 11.5 Å². The van der Waals surface area contributed by atoms with Gasteiger partial charge in [-0.1, -0.05) is 29.3 Å². The second kappa shape index (κ2) is 4.78. The average Bonchev–Trinajstić information content (AvgIpc) is 2.42. The molecule has 78 valence electrons. The topological polar surface area (TPSA) is 34.1 Å². The molecule has 2 unspecified atom stereocenters. The van der Waals surface area contributed by atoms with Gasteiger partial charge in [-0.3, -0.25) is 0 Å². The van der Waals surface area contributed by atoms with Crippen LogP contribution in [0.2, 0.25) is 0 Å². The lowest BCUT2D eigenvalue weighted by molar-refractivity contribution is 0.377. The fourth-order valence-corrected chi connectivity index (χ4v) is 4.78. The molecule has 1 heterocycles. The van der Waals surface area contributed by atoms with E-state index >= 15 is 0 Å². The summed E-state index contributed by atoms with van der Waals surface area (Å²) < 4.78 is 22.5. The highest BCUT2D eigenvalue weighted by atomic mass is 79.9. The van der Waals surface area contributed by atoms with E-state index < -0.39 is 9.84 Å². The van der Waals surface area contributed by atoms with Gasteiger partial charge >= 0.3 is 0 Å². The molecular formula is C9H17BrO2S. The molecule has 1 rings (SSSR count). The minimum Gasteiger partial charge on any atom is -0.229 e. The number of alkyl halides is 1. The summed E-state index contributed by atoms with van der Waals surface area (Å²) in [6.45, 7) is 2.15. The van der Waals surface area contributed by atoms with Crippen LogP contribution in [0.15, 0.2) is 0 Å². The summed E-state index contributed by atoms with van der Waals surface area (Å²) in [5, 5.41) is 0.945. The van der Waals surface area contributed by atoms with Crippen molar-refractivity contribution < 1.29 is 8.42 Å². The predicted molar refractivity (Wildman–Crippen MR) is 59.0 cm³/mol. The lowest BCUT2D eigenvalue weighted by Gasteiger charge is -2.18. The number of halogens is 1. The molecule has 4 heteroatoms. The Morgan fingerprint density at radius 3 is 2.62 bits per heavy atom. The second-order valence-electron chi connectivity index (χ2n) is 3.87. The summed E-state index contributed by atoms with van der Waals surface area (Å²) >= 11 is 3.47. The van der Waals surface area contributed by atoms with Gasteiger partial charge in [0, 0.05) is 5.33 Å². The Kier molecular flexibility index (Phi) is 4.23. The van der Waals surface area contributed by atoms with Crippen molar-refractivity contribution in [2.75, 3.05) is 16.8 Å². The molecule has 13 heavy (non-hydrogen) atoms. The molecule has 0 spiro atoms. The van der Waals surface area contributed by atoms with Crippen LogP contribution in [-0.2, 0) is 9.84 Å². The molecule has 0 saturated carbocycles. The molecule has 0 radical (unpaired) electrons. The molecule has 2 atom stereocenters. The van der Waals surface area contributed by atoms with E-state index in [0.717, 1.165) is 24.6 Å². The lowest BCUT2D eigenvalue weighted by Crippen LogP contribution is -2.17. The minimum atomic E-state index is -2.69. The van der Waals surface area contributed by atoms with Crippen LogP contribution in [0.3, 0.4) is 0 Å². The monoisotopic (exact) mass is 268 g/mol. The standard InChI is InChI=1S/C9H17BrO2S/c1-2-3-8(6-10)9-4-5-13(11,12)7-9/h8-9H,2-7H2,1H3. The zero-order valence-corrected chi connectivity index (χ0v) is 10.4. The highest BCUT2D eigenvalue weighted by Gasteiger charge is 2.32. The Bertz CT molecular complexity index is 248. The average molecular weight is 269 g/mol. The van der Waals surface area contributed by atoms with Crippen LogP contribution in [0, 0.1) is 11.8 Å². The molecule has 0 aliphatic carbocycles. The zero-order valence-electron chi connectivity index (χ0n) is 8.00. The van der Waals surface area contributed by atoms with Crippen molar-refractivity contribution in [2.24, 2.45) is 11.8 Å². The molecule has 1 aliphatic heterocycles. The molecule has 0 aromatic heterocycles. The molecule has 0 aromatic rings. The molecular weight excluding hydrogens is 252 g/mol. The predicted octanol–water partition coefficient (Wildman–Crippen LogP) is 2.23. The van der Waals surface area contributed by atoms with E-state index in [1.807, 2.05) is 0 Å². The van der Waals surface area contributed by atoms with Gasteiger partial charge in [0.1, 0.15) is 0 Å².